The zero-order chi connectivity index (χ0) is 14.2. The summed E-state index contributed by atoms with van der Waals surface area (Å²) in [6.07, 6.45) is 2.87. The van der Waals surface area contributed by atoms with Crippen LogP contribution < -0.4 is 5.32 Å². The average Bonchev–Trinajstić information content (AvgIpc) is 2.47. The number of thioether (sulfide) groups is 1. The Morgan fingerprint density at radius 3 is 2.55 bits per heavy atom. The second kappa shape index (κ2) is 8.08. The number of benzene rings is 1. The van der Waals surface area contributed by atoms with E-state index in [0.29, 0.717) is 6.04 Å². The molecule has 2 rings (SSSR count). The first-order valence-electron chi connectivity index (χ1n) is 7.09. The van der Waals surface area contributed by atoms with E-state index in [1.54, 1.807) is 0 Å². The molecular formula is C17H22N2S. The van der Waals surface area contributed by atoms with Crippen LogP contribution in [0.4, 0.5) is 0 Å². The van der Waals surface area contributed by atoms with E-state index in [1.165, 1.54) is 10.5 Å². The predicted octanol–water partition coefficient (Wildman–Crippen LogP) is 3.91. The number of nitrogens with one attached hydrogen (secondary N) is 1. The van der Waals surface area contributed by atoms with Gasteiger partial charge in [-0.15, -0.1) is 11.8 Å². The molecule has 0 saturated heterocycles. The molecule has 0 radical (unpaired) electrons. The number of pyridine rings is 1. The lowest BCUT2D eigenvalue weighted by molar-refractivity contribution is 0.588. The minimum absolute atomic E-state index is 0.530. The van der Waals surface area contributed by atoms with E-state index >= 15 is 0 Å². The van der Waals surface area contributed by atoms with Crippen LogP contribution in [0.15, 0.2) is 53.6 Å². The second-order valence-electron chi connectivity index (χ2n) is 5.10. The van der Waals surface area contributed by atoms with E-state index < -0.39 is 0 Å². The van der Waals surface area contributed by atoms with Crippen molar-refractivity contribution in [1.82, 2.24) is 10.3 Å². The lowest BCUT2D eigenvalue weighted by atomic mass is 10.2. The fraction of sp³-hybridized carbons (Fsp3) is 0.353. The van der Waals surface area contributed by atoms with Crippen LogP contribution in [0.1, 0.15) is 25.1 Å². The molecule has 1 aromatic carbocycles. The Hall–Kier alpha value is -1.32. The summed E-state index contributed by atoms with van der Waals surface area (Å²) in [4.78, 5) is 5.67. The van der Waals surface area contributed by atoms with Gasteiger partial charge in [0, 0.05) is 35.1 Å². The van der Waals surface area contributed by atoms with Crippen molar-refractivity contribution >= 4 is 11.8 Å². The van der Waals surface area contributed by atoms with Crippen molar-refractivity contribution in [3.05, 3.63) is 59.9 Å². The highest BCUT2D eigenvalue weighted by atomic mass is 32.2. The van der Waals surface area contributed by atoms with Crippen molar-refractivity contribution in [2.75, 3.05) is 5.75 Å². The van der Waals surface area contributed by atoms with Gasteiger partial charge < -0.3 is 5.32 Å². The van der Waals surface area contributed by atoms with E-state index in [0.717, 1.165) is 24.4 Å². The number of hydrogen-bond acceptors (Lipinski definition) is 3. The summed E-state index contributed by atoms with van der Waals surface area (Å²) in [5.74, 6) is 1.07. The van der Waals surface area contributed by atoms with E-state index in [-0.39, 0.29) is 0 Å². The van der Waals surface area contributed by atoms with Crippen molar-refractivity contribution < 1.29 is 0 Å². The first-order valence-corrected chi connectivity index (χ1v) is 8.07. The van der Waals surface area contributed by atoms with Crippen molar-refractivity contribution in [2.24, 2.45) is 0 Å². The second-order valence-corrected chi connectivity index (χ2v) is 6.27. The van der Waals surface area contributed by atoms with Crippen LogP contribution in [-0.2, 0) is 13.0 Å². The highest BCUT2D eigenvalue weighted by molar-refractivity contribution is 7.99. The van der Waals surface area contributed by atoms with Gasteiger partial charge in [0.05, 0.1) is 0 Å². The van der Waals surface area contributed by atoms with Gasteiger partial charge in [-0.2, -0.15) is 0 Å². The molecular weight excluding hydrogens is 264 g/mol. The molecule has 20 heavy (non-hydrogen) atoms. The van der Waals surface area contributed by atoms with Crippen LogP contribution >= 0.6 is 11.8 Å². The number of nitrogens with zero attached hydrogens (tertiary/aromatic N) is 1. The molecule has 0 atom stereocenters. The first kappa shape index (κ1) is 15.1. The van der Waals surface area contributed by atoms with Crippen molar-refractivity contribution in [1.29, 1.82) is 0 Å². The van der Waals surface area contributed by atoms with Crippen LogP contribution in [0.5, 0.6) is 0 Å². The topological polar surface area (TPSA) is 24.9 Å². The maximum Gasteiger partial charge on any atom is 0.0411 e. The van der Waals surface area contributed by atoms with Crippen molar-refractivity contribution in [2.45, 2.75) is 37.8 Å². The minimum atomic E-state index is 0.530. The van der Waals surface area contributed by atoms with Gasteiger partial charge in [0.2, 0.25) is 0 Å². The third-order valence-electron chi connectivity index (χ3n) is 2.99. The summed E-state index contributed by atoms with van der Waals surface area (Å²) < 4.78 is 0. The zero-order valence-corrected chi connectivity index (χ0v) is 13.0. The molecule has 1 aromatic heterocycles. The predicted molar refractivity (Wildman–Crippen MR) is 87.1 cm³/mol. The third kappa shape index (κ3) is 5.35. The molecule has 3 heteroatoms. The molecule has 106 valence electrons. The first-order chi connectivity index (χ1) is 9.74. The fourth-order valence-corrected chi connectivity index (χ4v) is 2.72. The Morgan fingerprint density at radius 2 is 1.90 bits per heavy atom. The third-order valence-corrected chi connectivity index (χ3v) is 4.00. The summed E-state index contributed by atoms with van der Waals surface area (Å²) in [5.41, 5.74) is 2.51. The Bertz CT molecular complexity index is 494. The molecule has 0 aliphatic carbocycles. The molecule has 1 N–H and O–H groups in total. The summed E-state index contributed by atoms with van der Waals surface area (Å²) in [5, 5.41) is 3.43. The molecule has 0 aliphatic heterocycles. The van der Waals surface area contributed by atoms with Gasteiger partial charge in [-0.25, -0.2) is 0 Å². The van der Waals surface area contributed by atoms with E-state index in [9.17, 15) is 0 Å². The Labute approximate surface area is 126 Å². The van der Waals surface area contributed by atoms with Gasteiger partial charge in [0.15, 0.2) is 0 Å². The molecule has 0 bridgehead atoms. The van der Waals surface area contributed by atoms with Crippen LogP contribution in [0.2, 0.25) is 0 Å². The summed E-state index contributed by atoms with van der Waals surface area (Å²) in [7, 11) is 0. The van der Waals surface area contributed by atoms with E-state index in [1.807, 2.05) is 30.1 Å². The molecule has 0 spiro atoms. The zero-order valence-electron chi connectivity index (χ0n) is 12.2. The molecule has 1 heterocycles. The molecule has 0 fully saturated rings. The number of aromatic nitrogens is 1. The standard InChI is InChI=1S/C17H22N2S/c1-14(2)19-13-15-6-8-17(9-7-15)20-12-10-16-5-3-4-11-18-16/h3-9,11,14,19H,10,12-13H2,1-2H3. The number of aryl methyl sites for hydroxylation is 1. The number of rotatable bonds is 7. The monoisotopic (exact) mass is 286 g/mol. The quantitative estimate of drug-likeness (QED) is 0.781. The van der Waals surface area contributed by atoms with Gasteiger partial charge in [-0.1, -0.05) is 32.0 Å². The lowest BCUT2D eigenvalue weighted by Gasteiger charge is -2.08. The molecule has 0 saturated carbocycles. The summed E-state index contributed by atoms with van der Waals surface area (Å²) in [6.45, 7) is 5.28. The summed E-state index contributed by atoms with van der Waals surface area (Å²) in [6, 6.07) is 15.4. The maximum absolute atomic E-state index is 4.34. The van der Waals surface area contributed by atoms with Gasteiger partial charge in [-0.3, -0.25) is 4.98 Å². The van der Waals surface area contributed by atoms with Crippen LogP contribution in [-0.4, -0.2) is 16.8 Å². The highest BCUT2D eigenvalue weighted by Crippen LogP contribution is 2.19. The van der Waals surface area contributed by atoms with Crippen LogP contribution in [0.3, 0.4) is 0 Å². The Kier molecular flexibility index (Phi) is 6.09. The maximum atomic E-state index is 4.34. The minimum Gasteiger partial charge on any atom is -0.310 e. The van der Waals surface area contributed by atoms with Crippen LogP contribution in [0.25, 0.3) is 0 Å². The molecule has 2 aromatic rings. The smallest absolute Gasteiger partial charge is 0.0411 e. The van der Waals surface area contributed by atoms with E-state index in [2.05, 4.69) is 54.5 Å². The van der Waals surface area contributed by atoms with E-state index in [4.69, 9.17) is 0 Å². The van der Waals surface area contributed by atoms with Crippen molar-refractivity contribution in [3.8, 4) is 0 Å². The molecule has 0 unspecified atom stereocenters. The molecule has 0 amide bonds. The largest absolute Gasteiger partial charge is 0.310 e. The van der Waals surface area contributed by atoms with Crippen molar-refractivity contribution in [3.63, 3.8) is 0 Å². The highest BCUT2D eigenvalue weighted by Gasteiger charge is 1.98. The normalized spacial score (nSPS) is 10.9. The summed E-state index contributed by atoms with van der Waals surface area (Å²) >= 11 is 1.89. The molecule has 0 aliphatic rings. The Balaban J connectivity index is 1.76. The van der Waals surface area contributed by atoms with Gasteiger partial charge in [-0.05, 0) is 36.2 Å². The van der Waals surface area contributed by atoms with Crippen LogP contribution in [0, 0.1) is 0 Å². The van der Waals surface area contributed by atoms with Gasteiger partial charge in [0.1, 0.15) is 0 Å². The molecule has 2 nitrogen and oxygen atoms in total. The van der Waals surface area contributed by atoms with Gasteiger partial charge >= 0.3 is 0 Å². The Morgan fingerprint density at radius 1 is 1.10 bits per heavy atom. The van der Waals surface area contributed by atoms with Gasteiger partial charge in [0.25, 0.3) is 0 Å². The average molecular weight is 286 g/mol. The number of hydrogen-bond donors (Lipinski definition) is 1. The fourth-order valence-electron chi connectivity index (χ4n) is 1.84. The lowest BCUT2D eigenvalue weighted by Crippen LogP contribution is -2.21. The SMILES string of the molecule is CC(C)NCc1ccc(SCCc2ccccn2)cc1.